The average Bonchev–Trinajstić information content (AvgIpc) is 2.22. The molecule has 0 bridgehead atoms. The lowest BCUT2D eigenvalue weighted by Gasteiger charge is -2.04. The Morgan fingerprint density at radius 1 is 1.38 bits per heavy atom. The molecule has 0 aromatic heterocycles. The second-order valence-corrected chi connectivity index (χ2v) is 4.95. The van der Waals surface area contributed by atoms with Crippen molar-refractivity contribution < 1.29 is 13.3 Å². The van der Waals surface area contributed by atoms with Crippen molar-refractivity contribution in [1.82, 2.24) is 0 Å². The van der Waals surface area contributed by atoms with Crippen LogP contribution in [0.3, 0.4) is 0 Å². The molecule has 2 N–H and O–H groups in total. The second-order valence-electron chi connectivity index (χ2n) is 3.38. The number of nitrogen functional groups attached to an aromatic ring is 1. The molecule has 1 rings (SSSR count). The van der Waals surface area contributed by atoms with E-state index in [0.717, 1.165) is 6.42 Å². The Bertz CT molecular complexity index is 351. The van der Waals surface area contributed by atoms with Crippen LogP contribution >= 0.6 is 0 Å². The fourth-order valence-corrected chi connectivity index (χ4v) is 2.23. The van der Waals surface area contributed by atoms with E-state index in [9.17, 15) is 8.60 Å². The summed E-state index contributed by atoms with van der Waals surface area (Å²) in [6.45, 7) is 3.07. The summed E-state index contributed by atoms with van der Waals surface area (Å²) in [4.78, 5) is 0.414. The smallest absolute Gasteiger partial charge is 0.126 e. The zero-order valence-electron chi connectivity index (χ0n) is 9.24. The predicted molar refractivity (Wildman–Crippen MR) is 63.2 cm³/mol. The fourth-order valence-electron chi connectivity index (χ4n) is 1.21. The highest BCUT2D eigenvalue weighted by molar-refractivity contribution is 7.85. The summed E-state index contributed by atoms with van der Waals surface area (Å²) in [5.41, 5.74) is 5.76. The normalized spacial score (nSPS) is 12.6. The van der Waals surface area contributed by atoms with E-state index in [4.69, 9.17) is 10.5 Å². The highest BCUT2D eigenvalue weighted by Gasteiger charge is 2.06. The lowest BCUT2D eigenvalue weighted by atomic mass is 10.3. The molecule has 0 saturated heterocycles. The molecule has 1 atom stereocenters. The standard InChI is InChI=1S/C11H16FNO2S/c1-2-3-15-4-5-16(14)11-7-9(12)6-10(13)8-11/h6-8H,2-5,13H2,1H3. The third-order valence-corrected chi connectivity index (χ3v) is 3.22. The summed E-state index contributed by atoms with van der Waals surface area (Å²) in [6, 6.07) is 3.97. The summed E-state index contributed by atoms with van der Waals surface area (Å²) < 4.78 is 29.9. The number of hydrogen-bond acceptors (Lipinski definition) is 3. The average molecular weight is 245 g/mol. The molecular formula is C11H16FNO2S. The first kappa shape index (κ1) is 13.1. The van der Waals surface area contributed by atoms with Gasteiger partial charge in [0.25, 0.3) is 0 Å². The van der Waals surface area contributed by atoms with Gasteiger partial charge in [0.2, 0.25) is 0 Å². The van der Waals surface area contributed by atoms with E-state index in [2.05, 4.69) is 0 Å². The number of hydrogen-bond donors (Lipinski definition) is 1. The van der Waals surface area contributed by atoms with Crippen molar-refractivity contribution in [1.29, 1.82) is 0 Å². The maximum Gasteiger partial charge on any atom is 0.126 e. The Labute approximate surface area is 97.2 Å². The van der Waals surface area contributed by atoms with Gasteiger partial charge in [-0.25, -0.2) is 4.39 Å². The molecule has 0 aliphatic rings. The number of benzene rings is 1. The van der Waals surface area contributed by atoms with E-state index in [1.165, 1.54) is 18.2 Å². The number of rotatable bonds is 6. The van der Waals surface area contributed by atoms with Crippen molar-refractivity contribution >= 4 is 16.5 Å². The van der Waals surface area contributed by atoms with Crippen LogP contribution in [-0.4, -0.2) is 23.2 Å². The Morgan fingerprint density at radius 3 is 2.75 bits per heavy atom. The molecule has 0 radical (unpaired) electrons. The molecule has 90 valence electrons. The zero-order chi connectivity index (χ0) is 12.0. The van der Waals surface area contributed by atoms with E-state index in [0.29, 0.717) is 23.9 Å². The molecule has 0 saturated carbocycles. The third kappa shape index (κ3) is 4.28. The Balaban J connectivity index is 2.52. The van der Waals surface area contributed by atoms with Crippen molar-refractivity contribution in [3.63, 3.8) is 0 Å². The van der Waals surface area contributed by atoms with Crippen LogP contribution in [-0.2, 0) is 15.5 Å². The van der Waals surface area contributed by atoms with Gasteiger partial charge in [-0.15, -0.1) is 0 Å². The number of ether oxygens (including phenoxy) is 1. The second kappa shape index (κ2) is 6.60. The Hall–Kier alpha value is -0.940. The minimum atomic E-state index is -1.25. The minimum absolute atomic E-state index is 0.290. The van der Waals surface area contributed by atoms with Crippen molar-refractivity contribution in [3.05, 3.63) is 24.0 Å². The topological polar surface area (TPSA) is 52.3 Å². The van der Waals surface area contributed by atoms with Gasteiger partial charge in [-0.05, 0) is 24.6 Å². The molecule has 0 amide bonds. The van der Waals surface area contributed by atoms with Crippen molar-refractivity contribution in [2.24, 2.45) is 0 Å². The summed E-state index contributed by atoms with van der Waals surface area (Å²) >= 11 is 0. The lowest BCUT2D eigenvalue weighted by molar-refractivity contribution is 0.150. The van der Waals surface area contributed by atoms with Crippen molar-refractivity contribution in [3.8, 4) is 0 Å². The predicted octanol–water partition coefficient (Wildman–Crippen LogP) is 1.94. The minimum Gasteiger partial charge on any atom is -0.399 e. The molecule has 0 aliphatic heterocycles. The van der Waals surface area contributed by atoms with Gasteiger partial charge in [0.15, 0.2) is 0 Å². The van der Waals surface area contributed by atoms with Gasteiger partial charge in [-0.2, -0.15) is 0 Å². The Kier molecular flexibility index (Phi) is 5.42. The van der Waals surface area contributed by atoms with Crippen LogP contribution in [0.4, 0.5) is 10.1 Å². The highest BCUT2D eigenvalue weighted by Crippen LogP contribution is 2.14. The number of halogens is 1. The van der Waals surface area contributed by atoms with E-state index >= 15 is 0 Å². The SMILES string of the molecule is CCCOCCS(=O)c1cc(N)cc(F)c1. The summed E-state index contributed by atoms with van der Waals surface area (Å²) in [5.74, 6) is -0.0964. The van der Waals surface area contributed by atoms with Crippen molar-refractivity contribution in [2.75, 3.05) is 24.7 Å². The first-order valence-electron chi connectivity index (χ1n) is 5.15. The molecular weight excluding hydrogens is 229 g/mol. The Morgan fingerprint density at radius 2 is 2.12 bits per heavy atom. The van der Waals surface area contributed by atoms with Gasteiger partial charge in [0, 0.05) is 17.2 Å². The van der Waals surface area contributed by atoms with Crippen LogP contribution < -0.4 is 5.73 Å². The third-order valence-electron chi connectivity index (χ3n) is 1.92. The van der Waals surface area contributed by atoms with Crippen LogP contribution in [0, 0.1) is 5.82 Å². The first-order valence-corrected chi connectivity index (χ1v) is 6.47. The first-order chi connectivity index (χ1) is 7.63. The van der Waals surface area contributed by atoms with Gasteiger partial charge >= 0.3 is 0 Å². The molecule has 0 heterocycles. The van der Waals surface area contributed by atoms with Gasteiger partial charge in [0.1, 0.15) is 5.82 Å². The molecule has 0 aliphatic carbocycles. The van der Waals surface area contributed by atoms with Crippen LogP contribution in [0.25, 0.3) is 0 Å². The summed E-state index contributed by atoms with van der Waals surface area (Å²) in [5, 5.41) is 0. The van der Waals surface area contributed by atoms with Crippen LogP contribution in [0.5, 0.6) is 0 Å². The molecule has 0 spiro atoms. The zero-order valence-corrected chi connectivity index (χ0v) is 10.1. The van der Waals surface area contributed by atoms with Gasteiger partial charge in [-0.1, -0.05) is 6.92 Å². The van der Waals surface area contributed by atoms with E-state index in [1.54, 1.807) is 0 Å². The molecule has 1 aromatic carbocycles. The molecule has 3 nitrogen and oxygen atoms in total. The van der Waals surface area contributed by atoms with Gasteiger partial charge in [-0.3, -0.25) is 4.21 Å². The largest absolute Gasteiger partial charge is 0.399 e. The van der Waals surface area contributed by atoms with Crippen LogP contribution in [0.1, 0.15) is 13.3 Å². The van der Waals surface area contributed by atoms with Gasteiger partial charge < -0.3 is 10.5 Å². The number of anilines is 1. The summed E-state index contributed by atoms with van der Waals surface area (Å²) in [6.07, 6.45) is 0.930. The molecule has 1 aromatic rings. The molecule has 5 heteroatoms. The molecule has 1 unspecified atom stereocenters. The highest BCUT2D eigenvalue weighted by atomic mass is 32.2. The van der Waals surface area contributed by atoms with E-state index < -0.39 is 16.6 Å². The summed E-state index contributed by atoms with van der Waals surface area (Å²) in [7, 11) is -1.25. The van der Waals surface area contributed by atoms with Crippen molar-refractivity contribution in [2.45, 2.75) is 18.2 Å². The maximum absolute atomic E-state index is 13.0. The van der Waals surface area contributed by atoms with Crippen LogP contribution in [0.2, 0.25) is 0 Å². The molecule has 16 heavy (non-hydrogen) atoms. The maximum atomic E-state index is 13.0. The van der Waals surface area contributed by atoms with E-state index in [-0.39, 0.29) is 5.69 Å². The monoisotopic (exact) mass is 245 g/mol. The molecule has 0 fully saturated rings. The fraction of sp³-hybridized carbons (Fsp3) is 0.455. The quantitative estimate of drug-likeness (QED) is 0.615. The van der Waals surface area contributed by atoms with Gasteiger partial charge in [0.05, 0.1) is 23.2 Å². The number of nitrogens with two attached hydrogens (primary N) is 1. The lowest BCUT2D eigenvalue weighted by Crippen LogP contribution is -2.07. The van der Waals surface area contributed by atoms with E-state index in [1.807, 2.05) is 6.92 Å². The van der Waals surface area contributed by atoms with Crippen LogP contribution in [0.15, 0.2) is 23.1 Å².